The first-order valence-corrected chi connectivity index (χ1v) is 25.6. The van der Waals surface area contributed by atoms with E-state index in [9.17, 15) is 25.2 Å². The zero-order chi connectivity index (χ0) is 41.7. The first-order valence-electron chi connectivity index (χ1n) is 25.6. The van der Waals surface area contributed by atoms with Crippen LogP contribution in [0.3, 0.4) is 0 Å². The highest BCUT2D eigenvalue weighted by Gasteiger charge is 2.28. The summed E-state index contributed by atoms with van der Waals surface area (Å²) in [6.45, 7) is 3.97. The molecular formula is C51H101NO5. The van der Waals surface area contributed by atoms with Crippen LogP contribution in [0.15, 0.2) is 12.2 Å². The van der Waals surface area contributed by atoms with Gasteiger partial charge in [0.2, 0.25) is 5.91 Å². The minimum atomic E-state index is -1.27. The number of nitrogens with one attached hydrogen (secondary N) is 1. The van der Waals surface area contributed by atoms with Gasteiger partial charge in [0, 0.05) is 0 Å². The van der Waals surface area contributed by atoms with Gasteiger partial charge in [-0.1, -0.05) is 257 Å². The smallest absolute Gasteiger partial charge is 0.249 e. The fourth-order valence-corrected chi connectivity index (χ4v) is 8.16. The van der Waals surface area contributed by atoms with Gasteiger partial charge in [-0.25, -0.2) is 0 Å². The van der Waals surface area contributed by atoms with E-state index in [-0.39, 0.29) is 0 Å². The Bertz CT molecular complexity index is 821. The molecule has 0 aromatic rings. The molecule has 1 amide bonds. The number of amides is 1. The fraction of sp³-hybridized carbons (Fsp3) is 0.941. The molecule has 4 atom stereocenters. The highest BCUT2D eigenvalue weighted by molar-refractivity contribution is 5.80. The summed E-state index contributed by atoms with van der Waals surface area (Å²) in [6.07, 6.45) is 53.3. The summed E-state index contributed by atoms with van der Waals surface area (Å²) in [6, 6.07) is -0.995. The molecule has 4 unspecified atom stereocenters. The van der Waals surface area contributed by atoms with Crippen molar-refractivity contribution in [3.8, 4) is 0 Å². The molecule has 6 nitrogen and oxygen atoms in total. The largest absolute Gasteiger partial charge is 0.394 e. The second-order valence-electron chi connectivity index (χ2n) is 17.9. The lowest BCUT2D eigenvalue weighted by Gasteiger charge is -2.27. The average Bonchev–Trinajstić information content (AvgIpc) is 3.22. The Balaban J connectivity index is 3.44. The van der Waals surface area contributed by atoms with Crippen LogP contribution in [0.4, 0.5) is 0 Å². The van der Waals surface area contributed by atoms with Crippen LogP contribution < -0.4 is 5.32 Å². The summed E-state index contributed by atoms with van der Waals surface area (Å²) in [5.74, 6) is -0.592. The lowest BCUT2D eigenvalue weighted by Crippen LogP contribution is -2.53. The Morgan fingerprint density at radius 2 is 0.719 bits per heavy atom. The number of rotatable bonds is 47. The van der Waals surface area contributed by atoms with E-state index in [4.69, 9.17) is 0 Å². The summed E-state index contributed by atoms with van der Waals surface area (Å²) in [4.78, 5) is 12.5. The van der Waals surface area contributed by atoms with Gasteiger partial charge < -0.3 is 25.7 Å². The molecule has 6 heteroatoms. The van der Waals surface area contributed by atoms with Crippen molar-refractivity contribution >= 4 is 5.91 Å². The number of aliphatic hydroxyl groups is 4. The van der Waals surface area contributed by atoms with Crippen molar-refractivity contribution in [3.63, 3.8) is 0 Å². The Kier molecular flexibility index (Phi) is 45.4. The van der Waals surface area contributed by atoms with Crippen molar-refractivity contribution in [2.24, 2.45) is 0 Å². The minimum Gasteiger partial charge on any atom is -0.394 e. The highest BCUT2D eigenvalue weighted by atomic mass is 16.3. The highest BCUT2D eigenvalue weighted by Crippen LogP contribution is 2.18. The molecule has 0 aromatic heterocycles. The van der Waals surface area contributed by atoms with Gasteiger partial charge >= 0.3 is 0 Å². The van der Waals surface area contributed by atoms with Crippen molar-refractivity contribution in [2.75, 3.05) is 6.61 Å². The monoisotopic (exact) mass is 808 g/mol. The average molecular weight is 808 g/mol. The van der Waals surface area contributed by atoms with E-state index in [1.54, 1.807) is 0 Å². The normalized spacial score (nSPS) is 14.0. The molecule has 0 spiro atoms. The molecule has 0 aliphatic rings. The lowest BCUT2D eigenvalue weighted by molar-refractivity contribution is -0.132. The second kappa shape index (κ2) is 46.1. The number of unbranched alkanes of at least 4 members (excludes halogenated alkanes) is 36. The Morgan fingerprint density at radius 1 is 0.421 bits per heavy atom. The molecule has 0 aliphatic carbocycles. The molecule has 0 bridgehead atoms. The van der Waals surface area contributed by atoms with Crippen LogP contribution in [-0.4, -0.2) is 57.3 Å². The maximum atomic E-state index is 12.5. The Labute approximate surface area is 355 Å². The zero-order valence-electron chi connectivity index (χ0n) is 38.4. The van der Waals surface area contributed by atoms with Crippen molar-refractivity contribution < 1.29 is 25.2 Å². The van der Waals surface area contributed by atoms with Gasteiger partial charge in [-0.15, -0.1) is 0 Å². The molecule has 0 saturated carbocycles. The molecule has 57 heavy (non-hydrogen) atoms. The minimum absolute atomic E-state index is 0.368. The number of hydrogen-bond donors (Lipinski definition) is 5. The molecule has 5 N–H and O–H groups in total. The summed E-state index contributed by atoms with van der Waals surface area (Å²) < 4.78 is 0. The van der Waals surface area contributed by atoms with Gasteiger partial charge in [-0.05, 0) is 32.1 Å². The maximum absolute atomic E-state index is 12.5. The fourth-order valence-electron chi connectivity index (χ4n) is 8.16. The SMILES string of the molecule is CCCC/C=C/CCCC(O)C(O)C(CO)NC(=O)C(O)CCCCCCCCCCCCCCCCCCCCCCCCCCCCCCCCCCCC. The van der Waals surface area contributed by atoms with Crippen LogP contribution in [0.25, 0.3) is 0 Å². The van der Waals surface area contributed by atoms with E-state index in [1.807, 2.05) is 0 Å². The quantitative estimate of drug-likeness (QED) is 0.0311. The predicted octanol–water partition coefficient (Wildman–Crippen LogP) is 14.1. The number of allylic oxidation sites excluding steroid dienone is 2. The van der Waals surface area contributed by atoms with Crippen molar-refractivity contribution in [1.29, 1.82) is 0 Å². The summed E-state index contributed by atoms with van der Waals surface area (Å²) in [5, 5.41) is 43.4. The van der Waals surface area contributed by atoms with Crippen LogP contribution in [0.1, 0.15) is 277 Å². The number of hydrogen-bond acceptors (Lipinski definition) is 5. The molecular weight excluding hydrogens is 707 g/mol. The van der Waals surface area contributed by atoms with E-state index >= 15 is 0 Å². The third kappa shape index (κ3) is 40.2. The first-order chi connectivity index (χ1) is 28.0. The van der Waals surface area contributed by atoms with Gasteiger partial charge in [-0.3, -0.25) is 4.79 Å². The van der Waals surface area contributed by atoms with Crippen molar-refractivity contribution in [2.45, 2.75) is 301 Å². The molecule has 0 heterocycles. The van der Waals surface area contributed by atoms with Crippen LogP contribution >= 0.6 is 0 Å². The van der Waals surface area contributed by atoms with Gasteiger partial charge in [0.05, 0.1) is 18.8 Å². The maximum Gasteiger partial charge on any atom is 0.249 e. The summed E-state index contributed by atoms with van der Waals surface area (Å²) in [5.41, 5.74) is 0. The van der Waals surface area contributed by atoms with Crippen molar-refractivity contribution in [3.05, 3.63) is 12.2 Å². The van der Waals surface area contributed by atoms with Crippen LogP contribution in [0.2, 0.25) is 0 Å². The predicted molar refractivity (Wildman–Crippen MR) is 247 cm³/mol. The number of carbonyl (C=O) groups is 1. The van der Waals surface area contributed by atoms with E-state index in [1.165, 1.54) is 205 Å². The van der Waals surface area contributed by atoms with E-state index in [0.717, 1.165) is 44.9 Å². The van der Waals surface area contributed by atoms with Crippen LogP contribution in [0.5, 0.6) is 0 Å². The van der Waals surface area contributed by atoms with Gasteiger partial charge in [-0.2, -0.15) is 0 Å². The second-order valence-corrected chi connectivity index (χ2v) is 17.9. The molecule has 340 valence electrons. The summed E-state index contributed by atoms with van der Waals surface area (Å²) in [7, 11) is 0. The van der Waals surface area contributed by atoms with Crippen LogP contribution in [-0.2, 0) is 4.79 Å². The molecule has 0 radical (unpaired) electrons. The van der Waals surface area contributed by atoms with Gasteiger partial charge in [0.15, 0.2) is 0 Å². The van der Waals surface area contributed by atoms with Gasteiger partial charge in [0.25, 0.3) is 0 Å². The zero-order valence-corrected chi connectivity index (χ0v) is 38.4. The molecule has 0 rings (SSSR count). The first kappa shape index (κ1) is 56.0. The number of carbonyl (C=O) groups excluding carboxylic acids is 1. The van der Waals surface area contributed by atoms with E-state index in [0.29, 0.717) is 12.8 Å². The molecule has 0 saturated heterocycles. The molecule has 0 fully saturated rings. The molecule has 0 aromatic carbocycles. The Morgan fingerprint density at radius 3 is 1.04 bits per heavy atom. The molecule has 0 aliphatic heterocycles. The van der Waals surface area contributed by atoms with Gasteiger partial charge in [0.1, 0.15) is 12.2 Å². The Hall–Kier alpha value is -0.950. The van der Waals surface area contributed by atoms with Crippen molar-refractivity contribution in [1.82, 2.24) is 5.32 Å². The third-order valence-electron chi connectivity index (χ3n) is 12.2. The lowest BCUT2D eigenvalue weighted by atomic mass is 10.00. The van der Waals surface area contributed by atoms with Crippen LogP contribution in [0, 0.1) is 0 Å². The van der Waals surface area contributed by atoms with E-state index < -0.39 is 36.9 Å². The standard InChI is InChI=1S/C51H101NO5/c1-3-5-7-9-11-12-13-14-15-16-17-18-19-20-21-22-23-24-25-26-27-28-29-30-31-32-33-34-35-36-37-39-41-43-45-49(55)51(57)52-47(46-53)50(56)48(54)44-42-40-38-10-8-6-4-2/h10,38,47-50,53-56H,3-9,11-37,39-46H2,1-2H3,(H,52,57)/b38-10+. The van der Waals surface area contributed by atoms with E-state index in [2.05, 4.69) is 31.3 Å². The summed E-state index contributed by atoms with van der Waals surface area (Å²) >= 11 is 0. The third-order valence-corrected chi connectivity index (χ3v) is 12.2. The topological polar surface area (TPSA) is 110 Å². The number of aliphatic hydroxyl groups excluding tert-OH is 4.